The van der Waals surface area contributed by atoms with E-state index in [9.17, 15) is 18.0 Å². The summed E-state index contributed by atoms with van der Waals surface area (Å²) < 4.78 is 44.2. The molecule has 30 heavy (non-hydrogen) atoms. The highest BCUT2D eigenvalue weighted by molar-refractivity contribution is 7.93. The van der Waals surface area contributed by atoms with Crippen LogP contribution in [0.1, 0.15) is 40.2 Å². The van der Waals surface area contributed by atoms with Crippen molar-refractivity contribution in [2.75, 3.05) is 0 Å². The number of ketones is 1. The Bertz CT molecular complexity index is 993. The van der Waals surface area contributed by atoms with Crippen LogP contribution in [0.2, 0.25) is 0 Å². The van der Waals surface area contributed by atoms with Crippen molar-refractivity contribution >= 4 is 21.7 Å². The van der Waals surface area contributed by atoms with Crippen LogP contribution < -0.4 is 0 Å². The van der Waals surface area contributed by atoms with Gasteiger partial charge in [0.15, 0.2) is 21.4 Å². The molecule has 9 heteroatoms. The smallest absolute Gasteiger partial charge is 0.411 e. The van der Waals surface area contributed by atoms with Gasteiger partial charge in [-0.3, -0.25) is 9.69 Å². The van der Waals surface area contributed by atoms with Crippen LogP contribution in [0.25, 0.3) is 0 Å². The van der Waals surface area contributed by atoms with Gasteiger partial charge in [0.25, 0.3) is 0 Å². The minimum absolute atomic E-state index is 0.0397. The van der Waals surface area contributed by atoms with Crippen LogP contribution in [0, 0.1) is 6.92 Å². The monoisotopic (exact) mass is 437 g/mol. The number of rotatable bonds is 2. The molecule has 0 spiro atoms. The molecule has 2 bridgehead atoms. The van der Waals surface area contributed by atoms with Crippen molar-refractivity contribution in [3.8, 4) is 0 Å². The number of hydrogen-bond acceptors (Lipinski definition) is 7. The van der Waals surface area contributed by atoms with Gasteiger partial charge in [0.05, 0.1) is 10.9 Å². The van der Waals surface area contributed by atoms with Crippen molar-refractivity contribution in [1.29, 1.82) is 0 Å². The maximum atomic E-state index is 13.5. The highest BCUT2D eigenvalue weighted by atomic mass is 32.2. The van der Waals surface area contributed by atoms with E-state index < -0.39 is 62.6 Å². The van der Waals surface area contributed by atoms with Gasteiger partial charge >= 0.3 is 6.09 Å². The summed E-state index contributed by atoms with van der Waals surface area (Å²) in [4.78, 5) is 27.5. The molecule has 4 rings (SSSR count). The third-order valence-electron chi connectivity index (χ3n) is 5.60. The lowest BCUT2D eigenvalue weighted by atomic mass is 9.93. The highest BCUT2D eigenvalue weighted by Crippen LogP contribution is 2.49. The number of amides is 1. The zero-order valence-electron chi connectivity index (χ0n) is 17.9. The Morgan fingerprint density at radius 2 is 1.67 bits per heavy atom. The fourth-order valence-corrected chi connectivity index (χ4v) is 6.45. The molecule has 164 valence electrons. The molecule has 5 atom stereocenters. The average Bonchev–Trinajstić information content (AvgIpc) is 3.16. The third-order valence-corrected chi connectivity index (χ3v) is 7.71. The molecule has 1 aromatic carbocycles. The lowest BCUT2D eigenvalue weighted by Crippen LogP contribution is -2.52. The minimum atomic E-state index is -4.06. The van der Waals surface area contributed by atoms with E-state index in [1.807, 2.05) is 6.92 Å². The quantitative estimate of drug-likeness (QED) is 0.699. The fourth-order valence-electron chi connectivity index (χ4n) is 4.54. The van der Waals surface area contributed by atoms with Gasteiger partial charge in [0.1, 0.15) is 29.1 Å². The maximum absolute atomic E-state index is 13.5. The van der Waals surface area contributed by atoms with Crippen LogP contribution in [-0.2, 0) is 28.8 Å². The summed E-state index contributed by atoms with van der Waals surface area (Å²) in [7, 11) is -4.06. The molecule has 3 heterocycles. The Morgan fingerprint density at radius 3 is 2.23 bits per heavy atom. The second kappa shape index (κ2) is 6.51. The van der Waals surface area contributed by atoms with Gasteiger partial charge in [-0.25, -0.2) is 13.2 Å². The predicted octanol–water partition coefficient (Wildman–Crippen LogP) is 2.23. The number of hydrogen-bond donors (Lipinski definition) is 0. The first kappa shape index (κ1) is 21.3. The summed E-state index contributed by atoms with van der Waals surface area (Å²) in [5.41, 5.74) is 0.0989. The third kappa shape index (κ3) is 3.23. The first-order valence-corrected chi connectivity index (χ1v) is 11.5. The number of carbonyl (C=O) groups excluding carboxylic acids is 2. The molecule has 3 fully saturated rings. The first-order valence-electron chi connectivity index (χ1n) is 9.94. The molecule has 3 saturated heterocycles. The van der Waals surface area contributed by atoms with Gasteiger partial charge in [0, 0.05) is 0 Å². The van der Waals surface area contributed by atoms with Crippen LogP contribution >= 0.6 is 0 Å². The molecule has 3 aliphatic rings. The Labute approximate surface area is 176 Å². The molecule has 1 unspecified atom stereocenters. The zero-order chi connectivity index (χ0) is 22.2. The van der Waals surface area contributed by atoms with E-state index in [1.165, 1.54) is 17.0 Å². The molecule has 1 aromatic rings. The van der Waals surface area contributed by atoms with Crippen molar-refractivity contribution in [2.24, 2.45) is 0 Å². The van der Waals surface area contributed by atoms with Crippen LogP contribution in [0.3, 0.4) is 0 Å². The van der Waals surface area contributed by atoms with Gasteiger partial charge in [-0.15, -0.1) is 0 Å². The van der Waals surface area contributed by atoms with Gasteiger partial charge in [-0.2, -0.15) is 0 Å². The van der Waals surface area contributed by atoms with E-state index in [4.69, 9.17) is 14.2 Å². The fraction of sp³-hybridized carbons (Fsp3) is 0.619. The molecule has 8 nitrogen and oxygen atoms in total. The Hall–Kier alpha value is -1.97. The Morgan fingerprint density at radius 1 is 1.10 bits per heavy atom. The molecule has 0 saturated carbocycles. The van der Waals surface area contributed by atoms with Crippen molar-refractivity contribution in [3.05, 3.63) is 29.8 Å². The van der Waals surface area contributed by atoms with Crippen molar-refractivity contribution in [3.63, 3.8) is 0 Å². The number of carbonyl (C=O) groups is 2. The van der Waals surface area contributed by atoms with E-state index >= 15 is 0 Å². The molecule has 1 amide bonds. The minimum Gasteiger partial charge on any atom is -0.444 e. The molecule has 3 aliphatic heterocycles. The summed E-state index contributed by atoms with van der Waals surface area (Å²) >= 11 is 0. The van der Waals surface area contributed by atoms with Gasteiger partial charge in [-0.05, 0) is 53.7 Å². The number of sulfone groups is 1. The van der Waals surface area contributed by atoms with Crippen molar-refractivity contribution < 1.29 is 32.2 Å². The summed E-state index contributed by atoms with van der Waals surface area (Å²) in [6.45, 7) is 10.4. The number of ether oxygens (including phenoxy) is 3. The molecule has 0 aromatic heterocycles. The average molecular weight is 438 g/mol. The van der Waals surface area contributed by atoms with E-state index in [0.717, 1.165) is 5.56 Å². The topological polar surface area (TPSA) is 99.2 Å². The lowest BCUT2D eigenvalue weighted by molar-refractivity contribution is -0.162. The Kier molecular flexibility index (Phi) is 4.62. The van der Waals surface area contributed by atoms with E-state index in [2.05, 4.69) is 0 Å². The number of nitrogens with zero attached hydrogens (tertiary/aromatic N) is 1. The Balaban J connectivity index is 1.77. The van der Waals surface area contributed by atoms with E-state index in [-0.39, 0.29) is 4.90 Å². The summed E-state index contributed by atoms with van der Waals surface area (Å²) in [5, 5.41) is -1.43. The van der Waals surface area contributed by atoms with Crippen LogP contribution in [0.4, 0.5) is 4.79 Å². The molecular weight excluding hydrogens is 410 g/mol. The molecule has 0 radical (unpaired) electrons. The standard InChI is InChI=1S/C21H27NO7S/c1-11-7-9-12(10-8-11)30(25,26)18-14-17-16(27-21(5,6)28-17)13(15(18)23)22(14)19(24)29-20(2,3)4/h7-10,13-14,16-18H,1-6H3/t13-,14-,16-,17+,18?/m0/s1. The highest BCUT2D eigenvalue weighted by Gasteiger charge is 2.73. The van der Waals surface area contributed by atoms with Gasteiger partial charge in [0.2, 0.25) is 0 Å². The zero-order valence-corrected chi connectivity index (χ0v) is 18.7. The number of aryl methyl sites for hydroxylation is 1. The number of Topliss-reactive ketones (excluding diaryl/α,β-unsaturated/α-hetero) is 1. The van der Waals surface area contributed by atoms with Crippen molar-refractivity contribution in [1.82, 2.24) is 4.90 Å². The maximum Gasteiger partial charge on any atom is 0.411 e. The van der Waals surface area contributed by atoms with Gasteiger partial charge < -0.3 is 14.2 Å². The van der Waals surface area contributed by atoms with Gasteiger partial charge in [-0.1, -0.05) is 17.7 Å². The predicted molar refractivity (Wildman–Crippen MR) is 107 cm³/mol. The number of benzene rings is 1. The number of fused-ring (bicyclic) bond motifs is 5. The van der Waals surface area contributed by atoms with E-state index in [1.54, 1.807) is 46.8 Å². The first-order chi connectivity index (χ1) is 13.7. The lowest BCUT2D eigenvalue weighted by Gasteiger charge is -2.30. The SMILES string of the molecule is Cc1ccc(S(=O)(=O)C2C(=O)[C@H]3[C@@H]4OC(C)(C)O[C@@H]4[C@@H]2N3C(=O)OC(C)(C)C)cc1. The largest absolute Gasteiger partial charge is 0.444 e. The van der Waals surface area contributed by atoms with Crippen LogP contribution in [0.15, 0.2) is 29.2 Å². The van der Waals surface area contributed by atoms with Crippen LogP contribution in [-0.4, -0.2) is 66.1 Å². The molecule has 0 N–H and O–H groups in total. The summed E-state index contributed by atoms with van der Waals surface area (Å²) in [6, 6.07) is 4.23. The van der Waals surface area contributed by atoms with Crippen LogP contribution in [0.5, 0.6) is 0 Å². The van der Waals surface area contributed by atoms with Crippen molar-refractivity contribution in [2.45, 2.75) is 87.4 Å². The summed E-state index contributed by atoms with van der Waals surface area (Å²) in [6.07, 6.45) is -2.21. The normalized spacial score (nSPS) is 32.4. The molecule has 0 aliphatic carbocycles. The summed E-state index contributed by atoms with van der Waals surface area (Å²) in [5.74, 6) is -1.54. The second-order valence-electron chi connectivity index (χ2n) is 9.57. The molecular formula is C21H27NO7S. The second-order valence-corrected chi connectivity index (χ2v) is 11.6. The van der Waals surface area contributed by atoms with E-state index in [0.29, 0.717) is 0 Å².